The maximum atomic E-state index is 13.3. The van der Waals surface area contributed by atoms with Gasteiger partial charge in [0.1, 0.15) is 12.6 Å². The summed E-state index contributed by atoms with van der Waals surface area (Å²) in [6, 6.07) is 9.19. The zero-order valence-electron chi connectivity index (χ0n) is 20.3. The summed E-state index contributed by atoms with van der Waals surface area (Å²) < 4.78 is 2.92. The first kappa shape index (κ1) is 25.9. The largest absolute Gasteiger partial charge is 0.391 e. The molecule has 9 heteroatoms. The molecular weight excluding hydrogens is 460 g/mol. The molecule has 0 aliphatic carbocycles. The van der Waals surface area contributed by atoms with Crippen LogP contribution in [0.25, 0.3) is 5.57 Å². The molecular formula is C26H29N6O2S+. The number of allylic oxidation sites excluding steroid dienone is 1. The van der Waals surface area contributed by atoms with E-state index in [9.17, 15) is 9.59 Å². The molecule has 1 fully saturated rings. The summed E-state index contributed by atoms with van der Waals surface area (Å²) in [6.45, 7) is 12.5. The fourth-order valence-electron chi connectivity index (χ4n) is 4.01. The van der Waals surface area contributed by atoms with Gasteiger partial charge < -0.3 is 4.90 Å². The van der Waals surface area contributed by atoms with Gasteiger partial charge in [-0.15, -0.1) is 10.8 Å². The fraction of sp³-hybridized carbons (Fsp3) is 0.346. The molecule has 3 rings (SSSR count). The Kier molecular flexibility index (Phi) is 8.58. The lowest BCUT2D eigenvalue weighted by atomic mass is 9.89. The van der Waals surface area contributed by atoms with Crippen molar-refractivity contribution >= 4 is 35.9 Å². The number of aromatic nitrogens is 3. The average Bonchev–Trinajstić information content (AvgIpc) is 3.31. The number of carbonyl (C=O) groups excluding carboxylic acids is 2. The first-order valence-electron chi connectivity index (χ1n) is 11.3. The van der Waals surface area contributed by atoms with Crippen LogP contribution in [0.4, 0.5) is 0 Å². The van der Waals surface area contributed by atoms with Crippen molar-refractivity contribution in [2.45, 2.75) is 32.7 Å². The molecule has 0 bridgehead atoms. The molecule has 1 aromatic carbocycles. The highest BCUT2D eigenvalue weighted by Crippen LogP contribution is 2.27. The van der Waals surface area contributed by atoms with Crippen molar-refractivity contribution in [3.05, 3.63) is 69.9 Å². The van der Waals surface area contributed by atoms with Crippen molar-refractivity contribution in [2.24, 2.45) is 13.0 Å². The zero-order chi connectivity index (χ0) is 25.5. The van der Waals surface area contributed by atoms with Gasteiger partial charge in [0.05, 0.1) is 22.7 Å². The normalized spacial score (nSPS) is 17.9. The van der Waals surface area contributed by atoms with Gasteiger partial charge in [-0.3, -0.25) is 9.48 Å². The molecule has 35 heavy (non-hydrogen) atoms. The van der Waals surface area contributed by atoms with Crippen LogP contribution in [0.1, 0.15) is 48.3 Å². The van der Waals surface area contributed by atoms with E-state index >= 15 is 0 Å². The van der Waals surface area contributed by atoms with Crippen LogP contribution in [0.15, 0.2) is 53.1 Å². The van der Waals surface area contributed by atoms with Gasteiger partial charge in [-0.1, -0.05) is 35.7 Å². The molecule has 1 aliphatic heterocycles. The minimum absolute atomic E-state index is 0.115. The number of aryl methyl sites for hydroxylation is 1. The third kappa shape index (κ3) is 6.24. The van der Waals surface area contributed by atoms with Crippen LogP contribution in [0.5, 0.6) is 0 Å². The fourth-order valence-corrected chi connectivity index (χ4v) is 4.78. The molecule has 2 atom stereocenters. The molecule has 0 saturated carbocycles. The number of rotatable bonds is 7. The molecule has 1 saturated heterocycles. The summed E-state index contributed by atoms with van der Waals surface area (Å²) in [5, 5.41) is 18.7. The van der Waals surface area contributed by atoms with Gasteiger partial charge in [-0.05, 0) is 55.4 Å². The molecule has 0 radical (unpaired) electrons. The van der Waals surface area contributed by atoms with E-state index in [-0.39, 0.29) is 36.0 Å². The van der Waals surface area contributed by atoms with Gasteiger partial charge >= 0.3 is 5.91 Å². The van der Waals surface area contributed by atoms with Crippen molar-refractivity contribution in [2.75, 3.05) is 13.1 Å². The van der Waals surface area contributed by atoms with Gasteiger partial charge in [0.2, 0.25) is 0 Å². The number of hydrogen-bond donors (Lipinski definition) is 0. The van der Waals surface area contributed by atoms with Crippen molar-refractivity contribution in [3.8, 4) is 6.07 Å². The minimum atomic E-state index is -0.353. The molecule has 0 unspecified atom stereocenters. The molecule has 8 nitrogen and oxygen atoms in total. The van der Waals surface area contributed by atoms with Gasteiger partial charge in [0.25, 0.3) is 5.91 Å². The van der Waals surface area contributed by atoms with E-state index in [1.165, 1.54) is 21.0 Å². The number of nitrogens with zero attached hydrogens (tertiary/aromatic N) is 6. The van der Waals surface area contributed by atoms with Crippen molar-refractivity contribution in [3.63, 3.8) is 0 Å². The molecule has 1 aromatic heterocycles. The molecule has 180 valence electrons. The number of likely N-dealkylation sites (tertiary alicyclic amines) is 1. The number of benzene rings is 1. The number of thioether (sulfide) groups is 1. The maximum Gasteiger partial charge on any atom is 0.391 e. The van der Waals surface area contributed by atoms with Gasteiger partial charge in [0, 0.05) is 19.6 Å². The number of amides is 2. The zero-order valence-corrected chi connectivity index (χ0v) is 21.1. The van der Waals surface area contributed by atoms with E-state index in [0.29, 0.717) is 18.5 Å². The summed E-state index contributed by atoms with van der Waals surface area (Å²) in [7, 11) is 1.71. The Labute approximate surface area is 209 Å². The first-order chi connectivity index (χ1) is 16.7. The number of hydrogen-bond acceptors (Lipinski definition) is 6. The molecule has 2 amide bonds. The van der Waals surface area contributed by atoms with Crippen LogP contribution in [0, 0.1) is 17.2 Å². The second-order valence-corrected chi connectivity index (χ2v) is 9.47. The highest BCUT2D eigenvalue weighted by molar-refractivity contribution is 8.06. The van der Waals surface area contributed by atoms with E-state index in [4.69, 9.17) is 5.26 Å². The monoisotopic (exact) mass is 489 g/mol. The van der Waals surface area contributed by atoms with Crippen LogP contribution in [-0.2, 0) is 11.8 Å². The highest BCUT2D eigenvalue weighted by Gasteiger charge is 2.41. The van der Waals surface area contributed by atoms with E-state index in [0.717, 1.165) is 22.5 Å². The standard InChI is InChI=1S/C26H29N6O2S/c1-6-22(35-17-18(2)21-11-9-20(14-27)10-12-21)15-30(4)25(33)23-8-7-13-32(19(23)3)26(34)24-16-31(5)29-28-24/h9-12,16-17,19,23H,1,4,7-8,13,15H2,2-3,5H3/q+1/b18-17+/t19-,23-/m0/s1. The van der Waals surface area contributed by atoms with Crippen LogP contribution in [0.3, 0.4) is 0 Å². The molecule has 2 heterocycles. The Morgan fingerprint density at radius 2 is 2.06 bits per heavy atom. The molecule has 0 spiro atoms. The summed E-state index contributed by atoms with van der Waals surface area (Å²) >= 11 is 1.43. The third-order valence-corrected chi connectivity index (χ3v) is 7.11. The van der Waals surface area contributed by atoms with Crippen LogP contribution in [-0.4, -0.2) is 62.1 Å². The van der Waals surface area contributed by atoms with Gasteiger partial charge in [0.15, 0.2) is 12.2 Å². The lowest BCUT2D eigenvalue weighted by molar-refractivity contribution is -0.436. The molecule has 2 aromatic rings. The van der Waals surface area contributed by atoms with Crippen LogP contribution < -0.4 is 0 Å². The Morgan fingerprint density at radius 3 is 2.66 bits per heavy atom. The Balaban J connectivity index is 1.63. The Hall–Kier alpha value is -3.73. The predicted molar refractivity (Wildman–Crippen MR) is 137 cm³/mol. The second-order valence-electron chi connectivity index (χ2n) is 8.51. The highest BCUT2D eigenvalue weighted by atomic mass is 32.2. The molecule has 1 aliphatic rings. The third-order valence-electron chi connectivity index (χ3n) is 6.08. The maximum absolute atomic E-state index is 13.3. The molecule has 0 N–H and O–H groups in total. The van der Waals surface area contributed by atoms with Gasteiger partial charge in [-0.2, -0.15) is 9.84 Å². The summed E-state index contributed by atoms with van der Waals surface area (Å²) in [5.41, 5.74) is 5.82. The summed E-state index contributed by atoms with van der Waals surface area (Å²) in [4.78, 5) is 28.6. The second kappa shape index (κ2) is 11.6. The lowest BCUT2D eigenvalue weighted by Crippen LogP contribution is -2.51. The van der Waals surface area contributed by atoms with Crippen molar-refractivity contribution in [1.82, 2.24) is 19.9 Å². The minimum Gasteiger partial charge on any atom is -0.334 e. The van der Waals surface area contributed by atoms with E-state index in [1.54, 1.807) is 30.3 Å². The smallest absolute Gasteiger partial charge is 0.334 e. The number of carbonyl (C=O) groups is 2. The number of nitriles is 1. The van der Waals surface area contributed by atoms with Crippen molar-refractivity contribution in [1.29, 1.82) is 5.26 Å². The van der Waals surface area contributed by atoms with E-state index in [1.807, 2.05) is 31.4 Å². The topological polar surface area (TPSA) is 94.9 Å². The van der Waals surface area contributed by atoms with Crippen LogP contribution in [0.2, 0.25) is 0 Å². The van der Waals surface area contributed by atoms with E-state index < -0.39 is 0 Å². The van der Waals surface area contributed by atoms with Crippen LogP contribution >= 0.6 is 11.8 Å². The Bertz CT molecular complexity index is 1250. The lowest BCUT2D eigenvalue weighted by Gasteiger charge is -2.36. The first-order valence-corrected chi connectivity index (χ1v) is 12.1. The summed E-state index contributed by atoms with van der Waals surface area (Å²) in [6.07, 6.45) is 3.00. The number of piperidine rings is 1. The van der Waals surface area contributed by atoms with Crippen molar-refractivity contribution < 1.29 is 14.2 Å². The quantitative estimate of drug-likeness (QED) is 0.335. The van der Waals surface area contributed by atoms with E-state index in [2.05, 4.69) is 35.4 Å². The SMILES string of the molecule is C=C=C(C[N+](=C)C(=O)[C@H]1CCCN(C(=O)c2cn(C)nn2)[C@H]1C)S/C=C(\C)c1ccc(C#N)cc1. The summed E-state index contributed by atoms with van der Waals surface area (Å²) in [5.74, 6) is -0.687. The average molecular weight is 490 g/mol. The Morgan fingerprint density at radius 1 is 1.34 bits per heavy atom. The van der Waals surface area contributed by atoms with Gasteiger partial charge in [-0.25, -0.2) is 4.79 Å². The predicted octanol–water partition coefficient (Wildman–Crippen LogP) is 3.63.